The van der Waals surface area contributed by atoms with Crippen LogP contribution in [0.2, 0.25) is 0 Å². The number of carbonyl (C=O) groups excluding carboxylic acids is 1. The lowest BCUT2D eigenvalue weighted by Gasteiger charge is -2.11. The summed E-state index contributed by atoms with van der Waals surface area (Å²) in [5.74, 6) is 0.199. The zero-order valence-electron chi connectivity index (χ0n) is 21.2. The maximum atomic E-state index is 12.7. The molecule has 0 heterocycles. The predicted molar refractivity (Wildman–Crippen MR) is 151 cm³/mol. The monoisotopic (exact) mass is 565 g/mol. The van der Waals surface area contributed by atoms with Crippen molar-refractivity contribution < 1.29 is 26.4 Å². The number of hydrogen-bond donors (Lipinski definition) is 3. The van der Waals surface area contributed by atoms with Crippen molar-refractivity contribution in [3.05, 3.63) is 108 Å². The molecule has 0 bridgehead atoms. The van der Waals surface area contributed by atoms with Gasteiger partial charge in [0, 0.05) is 22.6 Å². The van der Waals surface area contributed by atoms with E-state index in [2.05, 4.69) is 14.8 Å². The maximum absolute atomic E-state index is 12.7. The van der Waals surface area contributed by atoms with Gasteiger partial charge in [-0.25, -0.2) is 16.8 Å². The van der Waals surface area contributed by atoms with Crippen molar-refractivity contribution in [2.45, 2.75) is 23.6 Å². The van der Waals surface area contributed by atoms with E-state index in [1.165, 1.54) is 60.7 Å². The number of aryl methyl sites for hydroxylation is 1. The van der Waals surface area contributed by atoms with E-state index in [0.717, 1.165) is 5.56 Å². The Hall–Kier alpha value is -4.35. The summed E-state index contributed by atoms with van der Waals surface area (Å²) in [6.45, 7) is 4.24. The van der Waals surface area contributed by atoms with Gasteiger partial charge in [-0.2, -0.15) is 0 Å². The summed E-state index contributed by atoms with van der Waals surface area (Å²) in [5.41, 5.74) is 2.33. The Morgan fingerprint density at radius 2 is 1.08 bits per heavy atom. The van der Waals surface area contributed by atoms with Crippen LogP contribution in [0.25, 0.3) is 0 Å². The molecule has 4 aromatic rings. The number of rotatable bonds is 10. The third-order valence-electron chi connectivity index (χ3n) is 5.57. The number of benzene rings is 4. The summed E-state index contributed by atoms with van der Waals surface area (Å²) in [4.78, 5) is 12.8. The van der Waals surface area contributed by atoms with Crippen molar-refractivity contribution in [3.63, 3.8) is 0 Å². The molecule has 39 heavy (non-hydrogen) atoms. The Morgan fingerprint density at radius 1 is 0.641 bits per heavy atom. The molecule has 0 fully saturated rings. The molecule has 0 unspecified atom stereocenters. The van der Waals surface area contributed by atoms with E-state index >= 15 is 0 Å². The quantitative estimate of drug-likeness (QED) is 0.241. The van der Waals surface area contributed by atoms with Crippen molar-refractivity contribution in [2.24, 2.45) is 0 Å². The van der Waals surface area contributed by atoms with E-state index in [1.807, 2.05) is 13.8 Å². The zero-order chi connectivity index (χ0) is 28.0. The van der Waals surface area contributed by atoms with Crippen molar-refractivity contribution >= 4 is 43.0 Å². The number of nitrogens with one attached hydrogen (secondary N) is 3. The molecule has 202 valence electrons. The smallest absolute Gasteiger partial charge is 0.261 e. The second-order valence-corrected chi connectivity index (χ2v) is 11.9. The summed E-state index contributed by atoms with van der Waals surface area (Å²) in [6, 6.07) is 24.7. The lowest BCUT2D eigenvalue weighted by molar-refractivity contribution is 0.102. The highest BCUT2D eigenvalue weighted by atomic mass is 32.2. The minimum Gasteiger partial charge on any atom is -0.494 e. The standard InChI is InChI=1S/C28H27N3O6S2/c1-3-37-25-14-10-24(11-15-25)31-39(35,36)27-18-12-22(13-19-27)29-28(32)21-6-8-23(9-7-21)30-38(33,34)26-16-4-20(2)5-17-26/h4-19,30-31H,3H2,1-2H3,(H,29,32). The molecule has 11 heteroatoms. The molecule has 0 spiro atoms. The first-order chi connectivity index (χ1) is 18.6. The fraction of sp³-hybridized carbons (Fsp3) is 0.107. The second-order valence-electron chi connectivity index (χ2n) is 8.54. The molecule has 1 amide bonds. The van der Waals surface area contributed by atoms with Gasteiger partial charge in [0.1, 0.15) is 5.75 Å². The van der Waals surface area contributed by atoms with Crippen molar-refractivity contribution in [1.29, 1.82) is 0 Å². The van der Waals surface area contributed by atoms with Crippen LogP contribution in [0.5, 0.6) is 5.75 Å². The third-order valence-corrected chi connectivity index (χ3v) is 8.37. The second kappa shape index (κ2) is 11.6. The Kier molecular flexibility index (Phi) is 8.22. The number of ether oxygens (including phenoxy) is 1. The SMILES string of the molecule is CCOc1ccc(NS(=O)(=O)c2ccc(NC(=O)c3ccc(NS(=O)(=O)c4ccc(C)cc4)cc3)cc2)cc1. The summed E-state index contributed by atoms with van der Waals surface area (Å²) in [7, 11) is -7.60. The van der Waals surface area contributed by atoms with Gasteiger partial charge in [-0.3, -0.25) is 14.2 Å². The van der Waals surface area contributed by atoms with Gasteiger partial charge in [-0.05, 0) is 98.8 Å². The third kappa shape index (κ3) is 7.15. The van der Waals surface area contributed by atoms with Crippen molar-refractivity contribution in [2.75, 3.05) is 21.4 Å². The summed E-state index contributed by atoms with van der Waals surface area (Å²) < 4.78 is 60.9. The van der Waals surface area contributed by atoms with Gasteiger partial charge < -0.3 is 10.1 Å². The summed E-state index contributed by atoms with van der Waals surface area (Å²) in [5, 5.41) is 2.70. The fourth-order valence-corrected chi connectivity index (χ4v) is 5.66. The number of carbonyl (C=O) groups is 1. The normalized spacial score (nSPS) is 11.4. The van der Waals surface area contributed by atoms with Crippen LogP contribution in [0.4, 0.5) is 17.1 Å². The van der Waals surface area contributed by atoms with Crippen LogP contribution >= 0.6 is 0 Å². The number of amides is 1. The molecule has 0 aromatic heterocycles. The van der Waals surface area contributed by atoms with Crippen LogP contribution in [0.3, 0.4) is 0 Å². The first-order valence-corrected chi connectivity index (χ1v) is 14.9. The molecule has 0 radical (unpaired) electrons. The Labute approximate surface area is 228 Å². The zero-order valence-corrected chi connectivity index (χ0v) is 22.8. The van der Waals surface area contributed by atoms with E-state index in [4.69, 9.17) is 4.74 Å². The highest BCUT2D eigenvalue weighted by Crippen LogP contribution is 2.22. The molecule has 4 aromatic carbocycles. The molecule has 0 saturated carbocycles. The lowest BCUT2D eigenvalue weighted by Crippen LogP contribution is -2.15. The van der Waals surface area contributed by atoms with Gasteiger partial charge >= 0.3 is 0 Å². The van der Waals surface area contributed by atoms with Crippen LogP contribution in [0, 0.1) is 6.92 Å². The first-order valence-electron chi connectivity index (χ1n) is 11.9. The largest absolute Gasteiger partial charge is 0.494 e. The minimum absolute atomic E-state index is 0.0274. The highest BCUT2D eigenvalue weighted by Gasteiger charge is 2.16. The lowest BCUT2D eigenvalue weighted by atomic mass is 10.2. The Balaban J connectivity index is 1.37. The van der Waals surface area contributed by atoms with Crippen LogP contribution < -0.4 is 19.5 Å². The topological polar surface area (TPSA) is 131 Å². The van der Waals surface area contributed by atoms with E-state index in [9.17, 15) is 21.6 Å². The summed E-state index contributed by atoms with van der Waals surface area (Å²) in [6.07, 6.45) is 0. The average molecular weight is 566 g/mol. The summed E-state index contributed by atoms with van der Waals surface area (Å²) >= 11 is 0. The predicted octanol–water partition coefficient (Wildman–Crippen LogP) is 5.25. The van der Waals surface area contributed by atoms with Gasteiger partial charge in [-0.15, -0.1) is 0 Å². The molecule has 3 N–H and O–H groups in total. The molecule has 0 aliphatic heterocycles. The van der Waals surface area contributed by atoms with E-state index in [1.54, 1.807) is 36.4 Å². The van der Waals surface area contributed by atoms with Gasteiger partial charge in [-0.1, -0.05) is 17.7 Å². The molecule has 9 nitrogen and oxygen atoms in total. The molecule has 0 saturated heterocycles. The molecule has 0 atom stereocenters. The van der Waals surface area contributed by atoms with Crippen LogP contribution in [0.1, 0.15) is 22.8 Å². The number of sulfonamides is 2. The molecule has 0 aliphatic carbocycles. The highest BCUT2D eigenvalue weighted by molar-refractivity contribution is 7.93. The minimum atomic E-state index is -3.84. The van der Waals surface area contributed by atoms with E-state index in [0.29, 0.717) is 35.0 Å². The van der Waals surface area contributed by atoms with Crippen molar-refractivity contribution in [1.82, 2.24) is 0 Å². The van der Waals surface area contributed by atoms with Gasteiger partial charge in [0.2, 0.25) is 0 Å². The molecule has 4 rings (SSSR count). The van der Waals surface area contributed by atoms with Gasteiger partial charge in [0.05, 0.1) is 16.4 Å². The van der Waals surface area contributed by atoms with Crippen LogP contribution in [-0.2, 0) is 20.0 Å². The Morgan fingerprint density at radius 3 is 1.56 bits per heavy atom. The number of anilines is 3. The molecule has 0 aliphatic rings. The first kappa shape index (κ1) is 27.7. The van der Waals surface area contributed by atoms with Gasteiger partial charge in [0.25, 0.3) is 26.0 Å². The van der Waals surface area contributed by atoms with Gasteiger partial charge in [0.15, 0.2) is 0 Å². The number of hydrogen-bond acceptors (Lipinski definition) is 6. The van der Waals surface area contributed by atoms with Crippen molar-refractivity contribution in [3.8, 4) is 5.75 Å². The van der Waals surface area contributed by atoms with Crippen LogP contribution in [-0.4, -0.2) is 29.3 Å². The Bertz CT molecular complexity index is 1650. The average Bonchev–Trinajstić information content (AvgIpc) is 2.90. The maximum Gasteiger partial charge on any atom is 0.261 e. The molecular weight excluding hydrogens is 538 g/mol. The van der Waals surface area contributed by atoms with E-state index < -0.39 is 26.0 Å². The van der Waals surface area contributed by atoms with E-state index in [-0.39, 0.29) is 9.79 Å². The fourth-order valence-electron chi connectivity index (χ4n) is 3.54. The molecular formula is C28H27N3O6S2. The van der Waals surface area contributed by atoms with Crippen LogP contribution in [0.15, 0.2) is 107 Å².